The molecule has 0 radical (unpaired) electrons. The molecule has 1 heterocycles. The lowest BCUT2D eigenvalue weighted by atomic mass is 10.1. The van der Waals surface area contributed by atoms with Crippen LogP contribution in [0.25, 0.3) is 0 Å². The van der Waals surface area contributed by atoms with E-state index in [9.17, 15) is 18.0 Å². The second-order valence-electron chi connectivity index (χ2n) is 5.68. The van der Waals surface area contributed by atoms with Gasteiger partial charge in [-0.2, -0.15) is 13.2 Å². The van der Waals surface area contributed by atoms with Crippen LogP contribution in [0.3, 0.4) is 0 Å². The van der Waals surface area contributed by atoms with Crippen LogP contribution in [-0.2, 0) is 11.9 Å². The van der Waals surface area contributed by atoms with Crippen LogP contribution >= 0.6 is 23.1 Å². The summed E-state index contributed by atoms with van der Waals surface area (Å²) in [4.78, 5) is 12.1. The van der Waals surface area contributed by atoms with E-state index in [1.807, 2.05) is 25.1 Å². The van der Waals surface area contributed by atoms with Gasteiger partial charge in [-0.3, -0.25) is 10.1 Å². The highest BCUT2D eigenvalue weighted by Gasteiger charge is 2.30. The highest BCUT2D eigenvalue weighted by Crippen LogP contribution is 2.30. The molecule has 2 aromatic carbocycles. The van der Waals surface area contributed by atoms with E-state index in [1.54, 1.807) is 0 Å². The summed E-state index contributed by atoms with van der Waals surface area (Å²) in [5.74, 6) is 0.193. The van der Waals surface area contributed by atoms with Crippen molar-refractivity contribution in [2.75, 3.05) is 5.32 Å². The lowest BCUT2D eigenvalue weighted by Crippen LogP contribution is -2.12. The average molecular weight is 409 g/mol. The van der Waals surface area contributed by atoms with Crippen LogP contribution in [0.15, 0.2) is 52.9 Å². The molecular weight excluding hydrogens is 395 g/mol. The van der Waals surface area contributed by atoms with Crippen molar-refractivity contribution in [3.63, 3.8) is 0 Å². The molecule has 1 N–H and O–H groups in total. The van der Waals surface area contributed by atoms with Crippen molar-refractivity contribution in [1.82, 2.24) is 10.2 Å². The molecule has 9 heteroatoms. The van der Waals surface area contributed by atoms with Crippen LogP contribution in [0.5, 0.6) is 0 Å². The quantitative estimate of drug-likeness (QED) is 0.452. The molecule has 0 aliphatic rings. The van der Waals surface area contributed by atoms with Gasteiger partial charge in [0, 0.05) is 11.3 Å². The molecule has 0 aliphatic heterocycles. The molecule has 0 unspecified atom stereocenters. The van der Waals surface area contributed by atoms with Crippen molar-refractivity contribution in [3.8, 4) is 0 Å². The Kier molecular flexibility index (Phi) is 5.81. The minimum absolute atomic E-state index is 0.118. The number of hydrogen-bond donors (Lipinski definition) is 1. The number of carbonyl (C=O) groups is 1. The van der Waals surface area contributed by atoms with Crippen molar-refractivity contribution >= 4 is 34.1 Å². The number of hydrogen-bond acceptors (Lipinski definition) is 5. The fourth-order valence-corrected chi connectivity index (χ4v) is 3.94. The number of amides is 1. The zero-order valence-corrected chi connectivity index (χ0v) is 15.7. The fraction of sp³-hybridized carbons (Fsp3) is 0.167. The van der Waals surface area contributed by atoms with Gasteiger partial charge in [-0.1, -0.05) is 52.9 Å². The summed E-state index contributed by atoms with van der Waals surface area (Å²) >= 11 is 2.71. The summed E-state index contributed by atoms with van der Waals surface area (Å²) in [6.45, 7) is 2.02. The second-order valence-corrected chi connectivity index (χ2v) is 7.88. The number of carbonyl (C=O) groups excluding carboxylic acids is 1. The van der Waals surface area contributed by atoms with E-state index in [4.69, 9.17) is 0 Å². The van der Waals surface area contributed by atoms with Gasteiger partial charge in [-0.05, 0) is 36.8 Å². The molecule has 1 amide bonds. The van der Waals surface area contributed by atoms with E-state index in [0.717, 1.165) is 35.6 Å². The number of alkyl halides is 3. The van der Waals surface area contributed by atoms with Crippen LogP contribution in [-0.4, -0.2) is 16.1 Å². The van der Waals surface area contributed by atoms with Crippen LogP contribution in [0, 0.1) is 6.92 Å². The summed E-state index contributed by atoms with van der Waals surface area (Å²) in [6.07, 6.45) is -4.43. The van der Waals surface area contributed by atoms with Gasteiger partial charge in [0.15, 0.2) is 4.34 Å². The number of nitrogens with zero attached hydrogens (tertiary/aromatic N) is 2. The van der Waals surface area contributed by atoms with E-state index in [2.05, 4.69) is 21.6 Å². The number of anilines is 1. The van der Waals surface area contributed by atoms with Gasteiger partial charge in [0.1, 0.15) is 0 Å². The molecular formula is C18H14F3N3OS2. The van der Waals surface area contributed by atoms with E-state index in [1.165, 1.54) is 28.7 Å². The maximum Gasteiger partial charge on any atom is 0.416 e. The Hall–Kier alpha value is -2.39. The van der Waals surface area contributed by atoms with Crippen molar-refractivity contribution in [2.24, 2.45) is 0 Å². The topological polar surface area (TPSA) is 54.9 Å². The van der Waals surface area contributed by atoms with Gasteiger partial charge < -0.3 is 0 Å². The molecule has 0 saturated carbocycles. The van der Waals surface area contributed by atoms with Crippen molar-refractivity contribution < 1.29 is 18.0 Å². The van der Waals surface area contributed by atoms with Gasteiger partial charge in [0.25, 0.3) is 5.91 Å². The predicted molar refractivity (Wildman–Crippen MR) is 100 cm³/mol. The number of nitrogens with one attached hydrogen (secondary N) is 1. The minimum Gasteiger partial charge on any atom is -0.296 e. The monoisotopic (exact) mass is 409 g/mol. The Labute approximate surface area is 161 Å². The molecule has 4 nitrogen and oxygen atoms in total. The molecule has 0 bridgehead atoms. The first-order valence-electron chi connectivity index (χ1n) is 7.82. The molecule has 0 saturated heterocycles. The molecule has 0 aliphatic carbocycles. The third-order valence-electron chi connectivity index (χ3n) is 3.55. The van der Waals surface area contributed by atoms with E-state index < -0.39 is 17.6 Å². The normalized spacial score (nSPS) is 11.4. The first kappa shape index (κ1) is 19.4. The third-order valence-corrected chi connectivity index (χ3v) is 5.59. The number of aromatic nitrogens is 2. The van der Waals surface area contributed by atoms with Crippen LogP contribution in [0.4, 0.5) is 18.3 Å². The van der Waals surface area contributed by atoms with Gasteiger partial charge in [0.2, 0.25) is 5.13 Å². The third kappa shape index (κ3) is 5.30. The van der Waals surface area contributed by atoms with E-state index in [-0.39, 0.29) is 5.56 Å². The highest BCUT2D eigenvalue weighted by atomic mass is 32.2. The van der Waals surface area contributed by atoms with Gasteiger partial charge in [-0.15, -0.1) is 10.2 Å². The summed E-state index contributed by atoms with van der Waals surface area (Å²) in [5, 5.41) is 10.8. The first-order chi connectivity index (χ1) is 12.8. The number of halogens is 3. The number of rotatable bonds is 5. The number of aryl methyl sites for hydroxylation is 1. The van der Waals surface area contributed by atoms with E-state index >= 15 is 0 Å². The SMILES string of the molecule is Cc1cccc(CSc2nnc(NC(=O)c3ccc(C(F)(F)F)cc3)s2)c1. The highest BCUT2D eigenvalue weighted by molar-refractivity contribution is 8.00. The summed E-state index contributed by atoms with van der Waals surface area (Å²) < 4.78 is 38.4. The maximum atomic E-state index is 12.6. The van der Waals surface area contributed by atoms with Crippen molar-refractivity contribution in [3.05, 3.63) is 70.8 Å². The number of thioether (sulfide) groups is 1. The van der Waals surface area contributed by atoms with Crippen molar-refractivity contribution in [1.29, 1.82) is 0 Å². The molecule has 27 heavy (non-hydrogen) atoms. The molecule has 0 fully saturated rings. The largest absolute Gasteiger partial charge is 0.416 e. The zero-order chi connectivity index (χ0) is 19.4. The minimum atomic E-state index is -4.43. The van der Waals surface area contributed by atoms with Gasteiger partial charge in [0.05, 0.1) is 5.56 Å². The molecule has 140 valence electrons. The predicted octanol–water partition coefficient (Wildman–Crippen LogP) is 5.41. The summed E-state index contributed by atoms with van der Waals surface area (Å²) in [5.41, 5.74) is 1.65. The molecule has 3 aromatic rings. The summed E-state index contributed by atoms with van der Waals surface area (Å²) in [7, 11) is 0. The average Bonchev–Trinajstić information content (AvgIpc) is 3.07. The Morgan fingerprint density at radius 1 is 1.15 bits per heavy atom. The fourth-order valence-electron chi connectivity index (χ4n) is 2.25. The van der Waals surface area contributed by atoms with Crippen LogP contribution < -0.4 is 5.32 Å². The number of benzene rings is 2. The first-order valence-corrected chi connectivity index (χ1v) is 9.62. The standard InChI is InChI=1S/C18H14F3N3OS2/c1-11-3-2-4-12(9-11)10-26-17-24-23-16(27-17)22-15(25)13-5-7-14(8-6-13)18(19,20)21/h2-9H,10H2,1H3,(H,22,23,25). The Balaban J connectivity index is 1.59. The van der Waals surface area contributed by atoms with Crippen LogP contribution in [0.1, 0.15) is 27.0 Å². The summed E-state index contributed by atoms with van der Waals surface area (Å²) in [6, 6.07) is 12.1. The lowest BCUT2D eigenvalue weighted by molar-refractivity contribution is -0.137. The Morgan fingerprint density at radius 3 is 2.56 bits per heavy atom. The second kappa shape index (κ2) is 8.10. The van der Waals surface area contributed by atoms with Crippen LogP contribution in [0.2, 0.25) is 0 Å². The zero-order valence-electron chi connectivity index (χ0n) is 14.1. The van der Waals surface area contributed by atoms with Crippen molar-refractivity contribution in [2.45, 2.75) is 23.2 Å². The van der Waals surface area contributed by atoms with Gasteiger partial charge in [-0.25, -0.2) is 0 Å². The molecule has 0 atom stereocenters. The Morgan fingerprint density at radius 2 is 1.89 bits per heavy atom. The molecule has 0 spiro atoms. The van der Waals surface area contributed by atoms with E-state index in [0.29, 0.717) is 9.47 Å². The molecule has 1 aromatic heterocycles. The lowest BCUT2D eigenvalue weighted by Gasteiger charge is -2.07. The maximum absolute atomic E-state index is 12.6. The molecule has 3 rings (SSSR count). The smallest absolute Gasteiger partial charge is 0.296 e. The van der Waals surface area contributed by atoms with Gasteiger partial charge >= 0.3 is 6.18 Å². The Bertz CT molecular complexity index is 940.